The molecule has 0 fully saturated rings. The van der Waals surface area contributed by atoms with Gasteiger partial charge in [0.1, 0.15) is 0 Å². The zero-order valence-corrected chi connectivity index (χ0v) is 12.8. The second-order valence-electron chi connectivity index (χ2n) is 5.19. The van der Waals surface area contributed by atoms with E-state index in [1.807, 2.05) is 6.07 Å². The summed E-state index contributed by atoms with van der Waals surface area (Å²) >= 11 is 0. The van der Waals surface area contributed by atoms with Crippen LogP contribution in [0.4, 0.5) is 0 Å². The molecule has 1 rings (SSSR count). The maximum Gasteiger partial charge on any atom is 0.233 e. The molecule has 0 aromatic heterocycles. The molecule has 0 heterocycles. The fourth-order valence-electron chi connectivity index (χ4n) is 2.21. The number of unbranched alkanes of at least 4 members (excludes halogenated alkanes) is 2. The lowest BCUT2D eigenvalue weighted by Gasteiger charge is -2.19. The number of hydrogen-bond donors (Lipinski definition) is 2. The second kappa shape index (κ2) is 10.4. The summed E-state index contributed by atoms with van der Waals surface area (Å²) in [6, 6.07) is 10.7. The number of amides is 1. The smallest absolute Gasteiger partial charge is 0.233 e. The van der Waals surface area contributed by atoms with Crippen molar-refractivity contribution in [3.05, 3.63) is 35.9 Å². The first-order chi connectivity index (χ1) is 9.77. The Balaban J connectivity index is 2.48. The lowest BCUT2D eigenvalue weighted by molar-refractivity contribution is -0.120. The molecule has 3 nitrogen and oxygen atoms in total. The summed E-state index contributed by atoms with van der Waals surface area (Å²) in [5.74, 6) is 0.0864. The number of hydrogen-bond acceptors (Lipinski definition) is 2. The van der Waals surface area contributed by atoms with Crippen LogP contribution in [0, 0.1) is 0 Å². The van der Waals surface area contributed by atoms with Gasteiger partial charge >= 0.3 is 0 Å². The zero-order chi connectivity index (χ0) is 14.6. The highest BCUT2D eigenvalue weighted by Crippen LogP contribution is 2.19. The van der Waals surface area contributed by atoms with Crippen LogP contribution < -0.4 is 10.6 Å². The molecule has 112 valence electrons. The topological polar surface area (TPSA) is 41.1 Å². The van der Waals surface area contributed by atoms with E-state index in [1.165, 1.54) is 24.8 Å². The molecule has 3 heteroatoms. The van der Waals surface area contributed by atoms with Gasteiger partial charge in [-0.05, 0) is 18.4 Å². The quantitative estimate of drug-likeness (QED) is 0.643. The van der Waals surface area contributed by atoms with Gasteiger partial charge in [0.05, 0.1) is 6.54 Å². The Morgan fingerprint density at radius 2 is 1.85 bits per heavy atom. The summed E-state index contributed by atoms with van der Waals surface area (Å²) in [4.78, 5) is 11.7. The standard InChI is InChI=1S/C17H28N2O/c1-3-5-7-12-16(15-10-8-6-9-11-15)19-14-17(20)18-13-4-2/h6,8-11,16,19H,3-5,7,12-14H2,1-2H3,(H,18,20). The highest BCUT2D eigenvalue weighted by Gasteiger charge is 2.11. The van der Waals surface area contributed by atoms with Crippen LogP contribution in [0.2, 0.25) is 0 Å². The molecule has 0 saturated heterocycles. The van der Waals surface area contributed by atoms with Crippen LogP contribution in [0.3, 0.4) is 0 Å². The first-order valence-electron chi connectivity index (χ1n) is 7.83. The van der Waals surface area contributed by atoms with Gasteiger partial charge in [-0.25, -0.2) is 0 Å². The number of benzene rings is 1. The minimum atomic E-state index is 0.0864. The van der Waals surface area contributed by atoms with Crippen LogP contribution in [0.1, 0.15) is 57.6 Å². The molecular formula is C17H28N2O. The Morgan fingerprint density at radius 1 is 1.10 bits per heavy atom. The van der Waals surface area contributed by atoms with Gasteiger partial charge in [-0.1, -0.05) is 63.4 Å². The Kier molecular flexibility index (Phi) is 8.72. The molecular weight excluding hydrogens is 248 g/mol. The molecule has 0 saturated carbocycles. The minimum Gasteiger partial charge on any atom is -0.355 e. The summed E-state index contributed by atoms with van der Waals surface area (Å²) in [6.07, 6.45) is 5.72. The summed E-state index contributed by atoms with van der Waals surface area (Å²) in [7, 11) is 0. The van der Waals surface area contributed by atoms with Crippen molar-refractivity contribution in [3.8, 4) is 0 Å². The molecule has 0 aliphatic heterocycles. The lowest BCUT2D eigenvalue weighted by Crippen LogP contribution is -2.36. The second-order valence-corrected chi connectivity index (χ2v) is 5.19. The van der Waals surface area contributed by atoms with Crippen LogP contribution in [-0.4, -0.2) is 19.0 Å². The van der Waals surface area contributed by atoms with Gasteiger partial charge in [0, 0.05) is 12.6 Å². The summed E-state index contributed by atoms with van der Waals surface area (Å²) in [5.41, 5.74) is 1.27. The van der Waals surface area contributed by atoms with E-state index in [-0.39, 0.29) is 11.9 Å². The summed E-state index contributed by atoms with van der Waals surface area (Å²) in [6.45, 7) is 5.42. The van der Waals surface area contributed by atoms with Gasteiger partial charge in [-0.15, -0.1) is 0 Å². The predicted octanol–water partition coefficient (Wildman–Crippen LogP) is 3.42. The number of carbonyl (C=O) groups excluding carboxylic acids is 1. The molecule has 0 aliphatic rings. The van der Waals surface area contributed by atoms with Crippen molar-refractivity contribution >= 4 is 5.91 Å². The van der Waals surface area contributed by atoms with Crippen molar-refractivity contribution in [1.29, 1.82) is 0 Å². The molecule has 1 aromatic carbocycles. The van der Waals surface area contributed by atoms with Crippen molar-refractivity contribution in [2.75, 3.05) is 13.1 Å². The first-order valence-corrected chi connectivity index (χ1v) is 7.83. The van der Waals surface area contributed by atoms with Crippen LogP contribution >= 0.6 is 0 Å². The molecule has 1 amide bonds. The summed E-state index contributed by atoms with van der Waals surface area (Å²) in [5, 5.41) is 6.30. The van der Waals surface area contributed by atoms with Crippen LogP contribution in [0.5, 0.6) is 0 Å². The third-order valence-electron chi connectivity index (χ3n) is 3.38. The van der Waals surface area contributed by atoms with E-state index in [2.05, 4.69) is 48.7 Å². The van der Waals surface area contributed by atoms with E-state index >= 15 is 0 Å². The first kappa shape index (κ1) is 16.7. The van der Waals surface area contributed by atoms with Crippen molar-refractivity contribution in [1.82, 2.24) is 10.6 Å². The number of rotatable bonds is 10. The predicted molar refractivity (Wildman–Crippen MR) is 84.6 cm³/mol. The molecule has 0 bridgehead atoms. The molecule has 1 unspecified atom stereocenters. The highest BCUT2D eigenvalue weighted by atomic mass is 16.1. The third-order valence-corrected chi connectivity index (χ3v) is 3.38. The molecule has 20 heavy (non-hydrogen) atoms. The van der Waals surface area contributed by atoms with Gasteiger partial charge in [0.15, 0.2) is 0 Å². The van der Waals surface area contributed by atoms with E-state index in [0.717, 1.165) is 19.4 Å². The van der Waals surface area contributed by atoms with Gasteiger partial charge in [0.25, 0.3) is 0 Å². The van der Waals surface area contributed by atoms with E-state index in [4.69, 9.17) is 0 Å². The fraction of sp³-hybridized carbons (Fsp3) is 0.588. The Morgan fingerprint density at radius 3 is 2.50 bits per heavy atom. The fourth-order valence-corrected chi connectivity index (χ4v) is 2.21. The lowest BCUT2D eigenvalue weighted by atomic mass is 10.0. The number of nitrogens with one attached hydrogen (secondary N) is 2. The van der Waals surface area contributed by atoms with Gasteiger partial charge in [-0.3, -0.25) is 4.79 Å². The van der Waals surface area contributed by atoms with E-state index in [9.17, 15) is 4.79 Å². The molecule has 2 N–H and O–H groups in total. The van der Waals surface area contributed by atoms with E-state index in [1.54, 1.807) is 0 Å². The largest absolute Gasteiger partial charge is 0.355 e. The van der Waals surface area contributed by atoms with Gasteiger partial charge in [0.2, 0.25) is 5.91 Å². The zero-order valence-electron chi connectivity index (χ0n) is 12.8. The van der Waals surface area contributed by atoms with Gasteiger partial charge in [-0.2, -0.15) is 0 Å². The van der Waals surface area contributed by atoms with Crippen molar-refractivity contribution in [3.63, 3.8) is 0 Å². The van der Waals surface area contributed by atoms with E-state index < -0.39 is 0 Å². The average molecular weight is 276 g/mol. The highest BCUT2D eigenvalue weighted by molar-refractivity contribution is 5.77. The molecule has 1 aromatic rings. The maximum atomic E-state index is 11.7. The van der Waals surface area contributed by atoms with E-state index in [0.29, 0.717) is 6.54 Å². The van der Waals surface area contributed by atoms with Crippen molar-refractivity contribution in [2.45, 2.75) is 52.0 Å². The third kappa shape index (κ3) is 6.71. The van der Waals surface area contributed by atoms with Crippen molar-refractivity contribution < 1.29 is 4.79 Å². The van der Waals surface area contributed by atoms with Crippen LogP contribution in [0.15, 0.2) is 30.3 Å². The molecule has 0 spiro atoms. The van der Waals surface area contributed by atoms with Crippen molar-refractivity contribution in [2.24, 2.45) is 0 Å². The maximum absolute atomic E-state index is 11.7. The Bertz CT molecular complexity index is 365. The van der Waals surface area contributed by atoms with Crippen LogP contribution in [0.25, 0.3) is 0 Å². The SMILES string of the molecule is CCCCCC(NCC(=O)NCCC)c1ccccc1. The Hall–Kier alpha value is -1.35. The minimum absolute atomic E-state index is 0.0864. The number of carbonyl (C=O) groups is 1. The Labute approximate surface area is 123 Å². The normalized spacial score (nSPS) is 12.1. The molecule has 1 atom stereocenters. The average Bonchev–Trinajstić information content (AvgIpc) is 2.49. The van der Waals surface area contributed by atoms with Gasteiger partial charge < -0.3 is 10.6 Å². The monoisotopic (exact) mass is 276 g/mol. The molecule has 0 radical (unpaired) electrons. The summed E-state index contributed by atoms with van der Waals surface area (Å²) < 4.78 is 0. The van der Waals surface area contributed by atoms with Crippen LogP contribution in [-0.2, 0) is 4.79 Å². The molecule has 0 aliphatic carbocycles.